The number of hydrogen-bond acceptors (Lipinski definition) is 7. The number of imidazole rings is 1. The van der Waals surface area contributed by atoms with Gasteiger partial charge in [0.1, 0.15) is 11.6 Å². The number of H-pyrrole nitrogens is 1. The molecular weight excluding hydrogens is 482 g/mol. The molecule has 3 heterocycles. The van der Waals surface area contributed by atoms with Crippen LogP contribution in [0.25, 0.3) is 16.9 Å². The summed E-state index contributed by atoms with van der Waals surface area (Å²) in [5.41, 5.74) is 1.05. The summed E-state index contributed by atoms with van der Waals surface area (Å²) in [7, 11) is -3.74. The van der Waals surface area contributed by atoms with E-state index in [-0.39, 0.29) is 22.9 Å². The van der Waals surface area contributed by atoms with Crippen molar-refractivity contribution in [2.75, 3.05) is 26.3 Å². The van der Waals surface area contributed by atoms with Crippen molar-refractivity contribution in [3.05, 3.63) is 40.1 Å². The van der Waals surface area contributed by atoms with Crippen molar-refractivity contribution >= 4 is 15.5 Å². The minimum atomic E-state index is -3.74. The normalized spacial score (nSPS) is 15.6. The van der Waals surface area contributed by atoms with Gasteiger partial charge in [0.2, 0.25) is 10.0 Å². The SMILES string of the molecule is CCCc1nc(C)c2c(=O)[nH]c(-c3cc(S(=O)(=O)N4CCC(CCCO)CC4)ccc3OCC)nn12. The highest BCUT2D eigenvalue weighted by atomic mass is 32.2. The van der Waals surface area contributed by atoms with E-state index in [1.54, 1.807) is 23.6 Å². The molecule has 0 radical (unpaired) electrons. The van der Waals surface area contributed by atoms with E-state index in [0.29, 0.717) is 60.4 Å². The average Bonchev–Trinajstić information content (AvgIpc) is 3.19. The molecule has 2 N–H and O–H groups in total. The summed E-state index contributed by atoms with van der Waals surface area (Å²) in [5, 5.41) is 13.7. The Morgan fingerprint density at radius 2 is 1.97 bits per heavy atom. The standard InChI is InChI=1S/C25H35N5O5S/c1-4-7-22-26-17(3)23-25(32)27-24(28-30(22)23)20-16-19(9-10-21(20)35-5-2)36(33,34)29-13-11-18(12-14-29)8-6-15-31/h9-10,16,18,31H,4-8,11-15H2,1-3H3,(H,27,28,32). The van der Waals surface area contributed by atoms with Gasteiger partial charge in [0, 0.05) is 26.1 Å². The highest BCUT2D eigenvalue weighted by molar-refractivity contribution is 7.89. The number of nitrogens with zero attached hydrogens (tertiary/aromatic N) is 4. The maximum Gasteiger partial charge on any atom is 0.277 e. The Morgan fingerprint density at radius 1 is 1.22 bits per heavy atom. The van der Waals surface area contributed by atoms with E-state index in [0.717, 1.165) is 32.1 Å². The van der Waals surface area contributed by atoms with Crippen LogP contribution in [0.4, 0.5) is 0 Å². The van der Waals surface area contributed by atoms with Crippen LogP contribution in [0.2, 0.25) is 0 Å². The van der Waals surface area contributed by atoms with Crippen molar-refractivity contribution in [1.29, 1.82) is 0 Å². The second-order valence-corrected chi connectivity index (χ2v) is 11.2. The highest BCUT2D eigenvalue weighted by Crippen LogP contribution is 2.33. The van der Waals surface area contributed by atoms with Crippen LogP contribution in [0.3, 0.4) is 0 Å². The van der Waals surface area contributed by atoms with Gasteiger partial charge >= 0.3 is 0 Å². The highest BCUT2D eigenvalue weighted by Gasteiger charge is 2.30. The number of aryl methyl sites for hydroxylation is 2. The van der Waals surface area contributed by atoms with Gasteiger partial charge in [0.15, 0.2) is 11.3 Å². The van der Waals surface area contributed by atoms with Crippen LogP contribution >= 0.6 is 0 Å². The molecule has 0 aliphatic carbocycles. The predicted molar refractivity (Wildman–Crippen MR) is 137 cm³/mol. The molecular formula is C25H35N5O5S. The number of nitrogens with one attached hydrogen (secondary N) is 1. The maximum atomic E-state index is 13.5. The fraction of sp³-hybridized carbons (Fsp3) is 0.560. The lowest BCUT2D eigenvalue weighted by atomic mass is 9.93. The van der Waals surface area contributed by atoms with Crippen molar-refractivity contribution in [2.24, 2.45) is 5.92 Å². The average molecular weight is 518 g/mol. The Bertz CT molecular complexity index is 1370. The van der Waals surface area contributed by atoms with Crippen LogP contribution < -0.4 is 10.3 Å². The monoisotopic (exact) mass is 517 g/mol. The quantitative estimate of drug-likeness (QED) is 0.423. The third-order valence-corrected chi connectivity index (χ3v) is 8.60. The lowest BCUT2D eigenvalue weighted by Crippen LogP contribution is -2.38. The Hall–Kier alpha value is -2.76. The number of rotatable bonds is 10. The summed E-state index contributed by atoms with van der Waals surface area (Å²) in [6.45, 7) is 7.06. The van der Waals surface area contributed by atoms with Gasteiger partial charge in [-0.05, 0) is 70.1 Å². The first kappa shape index (κ1) is 26.3. The molecule has 196 valence electrons. The van der Waals surface area contributed by atoms with E-state index < -0.39 is 10.0 Å². The fourth-order valence-corrected chi connectivity index (χ4v) is 6.34. The third-order valence-electron chi connectivity index (χ3n) is 6.70. The number of aliphatic hydroxyl groups is 1. The number of benzene rings is 1. The number of aliphatic hydroxyl groups excluding tert-OH is 1. The largest absolute Gasteiger partial charge is 0.493 e. The molecule has 10 nitrogen and oxygen atoms in total. The third kappa shape index (κ3) is 5.18. The molecule has 0 saturated carbocycles. The minimum absolute atomic E-state index is 0.133. The second-order valence-electron chi connectivity index (χ2n) is 9.23. The van der Waals surface area contributed by atoms with Gasteiger partial charge < -0.3 is 14.8 Å². The second kappa shape index (κ2) is 11.1. The van der Waals surface area contributed by atoms with Gasteiger partial charge in [-0.2, -0.15) is 4.31 Å². The van der Waals surface area contributed by atoms with Crippen molar-refractivity contribution in [3.8, 4) is 17.1 Å². The number of piperidine rings is 1. The summed E-state index contributed by atoms with van der Waals surface area (Å²) >= 11 is 0. The first-order valence-electron chi connectivity index (χ1n) is 12.7. The molecule has 36 heavy (non-hydrogen) atoms. The van der Waals surface area contributed by atoms with Crippen molar-refractivity contribution in [2.45, 2.75) is 64.2 Å². The van der Waals surface area contributed by atoms with Crippen LogP contribution in [0.15, 0.2) is 27.9 Å². The first-order chi connectivity index (χ1) is 17.3. The van der Waals surface area contributed by atoms with Gasteiger partial charge in [-0.1, -0.05) is 6.92 Å². The number of sulfonamides is 1. The van der Waals surface area contributed by atoms with Crippen LogP contribution in [-0.4, -0.2) is 63.7 Å². The molecule has 3 aromatic rings. The maximum absolute atomic E-state index is 13.5. The smallest absolute Gasteiger partial charge is 0.277 e. The number of fused-ring (bicyclic) bond motifs is 1. The molecule has 2 aromatic heterocycles. The zero-order valence-electron chi connectivity index (χ0n) is 21.2. The van der Waals surface area contributed by atoms with Crippen LogP contribution in [0.5, 0.6) is 5.75 Å². The Morgan fingerprint density at radius 3 is 2.64 bits per heavy atom. The molecule has 11 heteroatoms. The van der Waals surface area contributed by atoms with Crippen LogP contribution in [-0.2, 0) is 16.4 Å². The molecule has 1 aliphatic rings. The number of hydrogen-bond donors (Lipinski definition) is 2. The van der Waals surface area contributed by atoms with Gasteiger partial charge in [-0.15, -0.1) is 5.10 Å². The summed E-state index contributed by atoms with van der Waals surface area (Å²) in [6.07, 6.45) is 4.70. The molecule has 0 unspecified atom stereocenters. The summed E-state index contributed by atoms with van der Waals surface area (Å²) in [6, 6.07) is 4.70. The topological polar surface area (TPSA) is 130 Å². The fourth-order valence-electron chi connectivity index (χ4n) is 4.85. The van der Waals surface area contributed by atoms with Crippen molar-refractivity contribution in [1.82, 2.24) is 23.9 Å². The zero-order chi connectivity index (χ0) is 25.9. The van der Waals surface area contributed by atoms with Gasteiger partial charge in [0.25, 0.3) is 5.56 Å². The molecule has 0 atom stereocenters. The van der Waals surface area contributed by atoms with E-state index in [1.165, 1.54) is 10.4 Å². The summed E-state index contributed by atoms with van der Waals surface area (Å²) in [5.74, 6) is 1.78. The summed E-state index contributed by atoms with van der Waals surface area (Å²) < 4.78 is 35.9. The van der Waals surface area contributed by atoms with Crippen molar-refractivity contribution < 1.29 is 18.3 Å². The van der Waals surface area contributed by atoms with E-state index in [4.69, 9.17) is 9.84 Å². The molecule has 1 aliphatic heterocycles. The first-order valence-corrected chi connectivity index (χ1v) is 14.1. The number of aromatic amines is 1. The van der Waals surface area contributed by atoms with Crippen molar-refractivity contribution in [3.63, 3.8) is 0 Å². The van der Waals surface area contributed by atoms with E-state index in [9.17, 15) is 13.2 Å². The molecule has 4 rings (SSSR count). The molecule has 1 saturated heterocycles. The number of aromatic nitrogens is 4. The Labute approximate surface area is 211 Å². The molecule has 0 bridgehead atoms. The molecule has 0 amide bonds. The van der Waals surface area contributed by atoms with Gasteiger partial charge in [-0.25, -0.2) is 17.9 Å². The van der Waals surface area contributed by atoms with Gasteiger partial charge in [-0.3, -0.25) is 4.79 Å². The van der Waals surface area contributed by atoms with E-state index >= 15 is 0 Å². The summed E-state index contributed by atoms with van der Waals surface area (Å²) in [4.78, 5) is 20.4. The van der Waals surface area contributed by atoms with Crippen LogP contribution in [0.1, 0.15) is 57.5 Å². The Balaban J connectivity index is 1.73. The minimum Gasteiger partial charge on any atom is -0.493 e. The van der Waals surface area contributed by atoms with Crippen LogP contribution in [0, 0.1) is 12.8 Å². The lowest BCUT2D eigenvalue weighted by molar-refractivity contribution is 0.230. The molecule has 1 aromatic carbocycles. The lowest BCUT2D eigenvalue weighted by Gasteiger charge is -2.31. The molecule has 0 spiro atoms. The zero-order valence-corrected chi connectivity index (χ0v) is 22.0. The van der Waals surface area contributed by atoms with Gasteiger partial charge in [0.05, 0.1) is 22.8 Å². The number of ether oxygens (including phenoxy) is 1. The Kier molecular flexibility index (Phi) is 8.11. The van der Waals surface area contributed by atoms with E-state index in [2.05, 4.69) is 15.1 Å². The molecule has 1 fully saturated rings. The van der Waals surface area contributed by atoms with E-state index in [1.807, 2.05) is 13.8 Å². The predicted octanol–water partition coefficient (Wildman–Crippen LogP) is 2.92.